The lowest BCUT2D eigenvalue weighted by atomic mass is 10.1. The van der Waals surface area contributed by atoms with Gasteiger partial charge in [-0.2, -0.15) is 0 Å². The van der Waals surface area contributed by atoms with Crippen LogP contribution in [0.2, 0.25) is 0 Å². The normalized spacial score (nSPS) is 14.5. The van der Waals surface area contributed by atoms with Crippen LogP contribution in [0.25, 0.3) is 22.0 Å². The molecule has 3 aromatic heterocycles. The number of anilines is 2. The lowest BCUT2D eigenvalue weighted by Gasteiger charge is -2.23. The van der Waals surface area contributed by atoms with Crippen molar-refractivity contribution in [3.8, 4) is 17.0 Å². The fourth-order valence-corrected chi connectivity index (χ4v) is 3.62. The molecule has 8 heteroatoms. The zero-order valence-electron chi connectivity index (χ0n) is 16.7. The van der Waals surface area contributed by atoms with Gasteiger partial charge in [0.15, 0.2) is 0 Å². The zero-order chi connectivity index (χ0) is 21.0. The zero-order valence-corrected chi connectivity index (χ0v) is 16.7. The Kier molecular flexibility index (Phi) is 5.28. The maximum absolute atomic E-state index is 12.5. The molecule has 2 N–H and O–H groups in total. The van der Waals surface area contributed by atoms with E-state index in [1.165, 1.54) is 6.33 Å². The van der Waals surface area contributed by atoms with E-state index in [2.05, 4.69) is 25.3 Å². The van der Waals surface area contributed by atoms with Gasteiger partial charge in [-0.05, 0) is 41.8 Å². The molecule has 1 aliphatic heterocycles. The molecule has 0 spiro atoms. The maximum atomic E-state index is 12.5. The second-order valence-electron chi connectivity index (χ2n) is 7.33. The number of aromatic amines is 1. The van der Waals surface area contributed by atoms with Crippen LogP contribution in [0.4, 0.5) is 11.5 Å². The van der Waals surface area contributed by atoms with Crippen molar-refractivity contribution in [3.63, 3.8) is 0 Å². The van der Waals surface area contributed by atoms with E-state index in [0.717, 1.165) is 48.4 Å². The molecular weight excluding hydrogens is 394 g/mol. The molecule has 5 rings (SSSR count). The van der Waals surface area contributed by atoms with Gasteiger partial charge in [0.05, 0.1) is 24.3 Å². The fourth-order valence-electron chi connectivity index (χ4n) is 3.62. The molecular formula is C23H21N5O3. The van der Waals surface area contributed by atoms with Gasteiger partial charge in [-0.25, -0.2) is 15.0 Å². The summed E-state index contributed by atoms with van der Waals surface area (Å²) in [6.45, 7) is 1.47. The summed E-state index contributed by atoms with van der Waals surface area (Å²) in [5, 5.41) is 4.55. The lowest BCUT2D eigenvalue weighted by Crippen LogP contribution is -2.25. The second kappa shape index (κ2) is 8.53. The number of nitrogens with one attached hydrogen (secondary N) is 2. The molecule has 1 saturated heterocycles. The minimum absolute atomic E-state index is 0.182. The van der Waals surface area contributed by atoms with Gasteiger partial charge in [-0.1, -0.05) is 0 Å². The summed E-state index contributed by atoms with van der Waals surface area (Å²) in [7, 11) is 0. The summed E-state index contributed by atoms with van der Waals surface area (Å²) in [4.78, 5) is 28.1. The summed E-state index contributed by atoms with van der Waals surface area (Å²) in [6, 6.07) is 11.4. The molecule has 0 unspecified atom stereocenters. The molecule has 0 radical (unpaired) electrons. The minimum atomic E-state index is -0.206. The summed E-state index contributed by atoms with van der Waals surface area (Å²) in [6.07, 6.45) is 8.46. The highest BCUT2D eigenvalue weighted by atomic mass is 16.5. The van der Waals surface area contributed by atoms with Crippen molar-refractivity contribution in [2.75, 3.05) is 18.5 Å². The topological polar surface area (TPSA) is 102 Å². The van der Waals surface area contributed by atoms with Crippen LogP contribution >= 0.6 is 0 Å². The molecule has 156 valence electrons. The van der Waals surface area contributed by atoms with Crippen molar-refractivity contribution in [1.29, 1.82) is 0 Å². The number of H-pyrrole nitrogens is 1. The van der Waals surface area contributed by atoms with E-state index >= 15 is 0 Å². The van der Waals surface area contributed by atoms with E-state index in [4.69, 9.17) is 9.47 Å². The first-order valence-corrected chi connectivity index (χ1v) is 10.2. The van der Waals surface area contributed by atoms with Crippen molar-refractivity contribution in [1.82, 2.24) is 19.9 Å². The SMILES string of the molecule is O=c1[nH]ccc2cc(-c3cncnc3)nc(Nc3ccc(OC4CCOCC4)cc3)c12. The number of hydrogen-bond donors (Lipinski definition) is 2. The van der Waals surface area contributed by atoms with E-state index < -0.39 is 0 Å². The highest BCUT2D eigenvalue weighted by Crippen LogP contribution is 2.28. The maximum Gasteiger partial charge on any atom is 0.259 e. The van der Waals surface area contributed by atoms with Crippen LogP contribution in [0, 0.1) is 0 Å². The summed E-state index contributed by atoms with van der Waals surface area (Å²) < 4.78 is 11.4. The van der Waals surface area contributed by atoms with Crippen LogP contribution in [0.1, 0.15) is 12.8 Å². The molecule has 0 bridgehead atoms. The molecule has 1 fully saturated rings. The summed E-state index contributed by atoms with van der Waals surface area (Å²) >= 11 is 0. The molecule has 8 nitrogen and oxygen atoms in total. The largest absolute Gasteiger partial charge is 0.490 e. The molecule has 0 amide bonds. The standard InChI is InChI=1S/C23H21N5O3/c29-23-21-15(5-8-26-23)11-20(16-12-24-14-25-13-16)28-22(21)27-17-1-3-18(4-2-17)31-19-6-9-30-10-7-19/h1-5,8,11-14,19H,6-7,9-10H2,(H,26,29)(H,27,28). The Bertz CT molecular complexity index is 1240. The average Bonchev–Trinajstić information content (AvgIpc) is 2.81. The number of nitrogens with zero attached hydrogens (tertiary/aromatic N) is 3. The summed E-state index contributed by atoms with van der Waals surface area (Å²) in [5.74, 6) is 1.28. The van der Waals surface area contributed by atoms with Crippen LogP contribution in [0.3, 0.4) is 0 Å². The van der Waals surface area contributed by atoms with Crippen LogP contribution in [-0.4, -0.2) is 39.3 Å². The van der Waals surface area contributed by atoms with Gasteiger partial charge in [-0.15, -0.1) is 0 Å². The van der Waals surface area contributed by atoms with E-state index in [0.29, 0.717) is 16.9 Å². The number of ether oxygens (including phenoxy) is 2. The highest BCUT2D eigenvalue weighted by molar-refractivity contribution is 5.95. The first-order chi connectivity index (χ1) is 15.3. The predicted octanol–water partition coefficient (Wildman–Crippen LogP) is 3.68. The van der Waals surface area contributed by atoms with Gasteiger partial charge in [-0.3, -0.25) is 4.79 Å². The van der Waals surface area contributed by atoms with Crippen molar-refractivity contribution in [2.24, 2.45) is 0 Å². The smallest absolute Gasteiger partial charge is 0.259 e. The van der Waals surface area contributed by atoms with Crippen LogP contribution in [-0.2, 0) is 4.74 Å². The van der Waals surface area contributed by atoms with Crippen LogP contribution < -0.4 is 15.6 Å². The molecule has 4 heterocycles. The lowest BCUT2D eigenvalue weighted by molar-refractivity contribution is 0.0256. The third-order valence-electron chi connectivity index (χ3n) is 5.20. The number of pyridine rings is 2. The Hall–Kier alpha value is -3.78. The molecule has 4 aromatic rings. The third kappa shape index (κ3) is 4.24. The number of rotatable bonds is 5. The number of hydrogen-bond acceptors (Lipinski definition) is 7. The van der Waals surface area contributed by atoms with Crippen molar-refractivity contribution < 1.29 is 9.47 Å². The predicted molar refractivity (Wildman–Crippen MR) is 118 cm³/mol. The van der Waals surface area contributed by atoms with Crippen molar-refractivity contribution in [3.05, 3.63) is 71.7 Å². The monoisotopic (exact) mass is 415 g/mol. The molecule has 0 atom stereocenters. The minimum Gasteiger partial charge on any atom is -0.490 e. The van der Waals surface area contributed by atoms with E-state index in [9.17, 15) is 4.79 Å². The van der Waals surface area contributed by atoms with Gasteiger partial charge in [0.25, 0.3) is 5.56 Å². The molecule has 31 heavy (non-hydrogen) atoms. The van der Waals surface area contributed by atoms with Gasteiger partial charge >= 0.3 is 0 Å². The molecule has 0 saturated carbocycles. The Labute approximate surface area is 178 Å². The van der Waals surface area contributed by atoms with Crippen molar-refractivity contribution >= 4 is 22.3 Å². The van der Waals surface area contributed by atoms with Gasteiger partial charge in [0.2, 0.25) is 0 Å². The second-order valence-corrected chi connectivity index (χ2v) is 7.33. The Balaban J connectivity index is 1.46. The van der Waals surface area contributed by atoms with E-state index in [-0.39, 0.29) is 11.7 Å². The van der Waals surface area contributed by atoms with Crippen LogP contribution in [0.15, 0.2) is 66.1 Å². The fraction of sp³-hybridized carbons (Fsp3) is 0.217. The molecule has 1 aliphatic rings. The molecule has 1 aromatic carbocycles. The number of benzene rings is 1. The Morgan fingerprint density at radius 3 is 2.61 bits per heavy atom. The summed E-state index contributed by atoms with van der Waals surface area (Å²) in [5.41, 5.74) is 2.05. The Morgan fingerprint density at radius 1 is 1.06 bits per heavy atom. The van der Waals surface area contributed by atoms with Gasteiger partial charge < -0.3 is 19.8 Å². The van der Waals surface area contributed by atoms with Gasteiger partial charge in [0.1, 0.15) is 24.0 Å². The van der Waals surface area contributed by atoms with E-state index in [1.807, 2.05) is 36.4 Å². The Morgan fingerprint density at radius 2 is 1.84 bits per heavy atom. The number of fused-ring (bicyclic) bond motifs is 1. The third-order valence-corrected chi connectivity index (χ3v) is 5.20. The van der Waals surface area contributed by atoms with Crippen LogP contribution in [0.5, 0.6) is 5.75 Å². The average molecular weight is 415 g/mol. The van der Waals surface area contributed by atoms with Gasteiger partial charge in [0, 0.05) is 42.7 Å². The van der Waals surface area contributed by atoms with Crippen molar-refractivity contribution in [2.45, 2.75) is 18.9 Å². The first kappa shape index (κ1) is 19.2. The quantitative estimate of drug-likeness (QED) is 0.513. The highest BCUT2D eigenvalue weighted by Gasteiger charge is 2.15. The van der Waals surface area contributed by atoms with E-state index in [1.54, 1.807) is 18.6 Å². The number of aromatic nitrogens is 4. The first-order valence-electron chi connectivity index (χ1n) is 10.2. The molecule has 0 aliphatic carbocycles.